The molecule has 0 spiro atoms. The Morgan fingerprint density at radius 3 is 2.32 bits per heavy atom. The smallest absolute Gasteiger partial charge is 0.263 e. The molecule has 0 aromatic carbocycles. The molecule has 2 aliphatic heterocycles. The van der Waals surface area contributed by atoms with Crippen molar-refractivity contribution < 1.29 is 9.59 Å². The number of thiophene rings is 1. The molecule has 4 rings (SSSR count). The maximum Gasteiger partial charge on any atom is 0.263 e. The Kier molecular flexibility index (Phi) is 5.08. The maximum absolute atomic E-state index is 12.7. The fraction of sp³-hybridized carbons (Fsp3) is 0.684. The first-order chi connectivity index (χ1) is 12.2. The van der Waals surface area contributed by atoms with Crippen LogP contribution in [0.3, 0.4) is 0 Å². The lowest BCUT2D eigenvalue weighted by atomic mass is 9.93. The summed E-state index contributed by atoms with van der Waals surface area (Å²) in [7, 11) is 0. The van der Waals surface area contributed by atoms with Gasteiger partial charge in [0, 0.05) is 45.3 Å². The summed E-state index contributed by atoms with van der Waals surface area (Å²) in [5.41, 5.74) is 0. The molecule has 0 N–H and O–H groups in total. The summed E-state index contributed by atoms with van der Waals surface area (Å²) in [5, 5.41) is 1.92. The van der Waals surface area contributed by atoms with Crippen molar-refractivity contribution in [2.75, 3.05) is 39.3 Å². The van der Waals surface area contributed by atoms with Crippen molar-refractivity contribution >= 4 is 23.2 Å². The van der Waals surface area contributed by atoms with Crippen molar-refractivity contribution in [3.05, 3.63) is 22.4 Å². The van der Waals surface area contributed by atoms with Crippen LogP contribution in [0.2, 0.25) is 0 Å². The number of amides is 2. The molecule has 25 heavy (non-hydrogen) atoms. The minimum Gasteiger partial charge on any atom is -0.340 e. The van der Waals surface area contributed by atoms with Crippen LogP contribution in [0.5, 0.6) is 0 Å². The van der Waals surface area contributed by atoms with Crippen LogP contribution in [0.4, 0.5) is 0 Å². The van der Waals surface area contributed by atoms with Crippen molar-refractivity contribution in [1.82, 2.24) is 14.7 Å². The molecule has 1 aliphatic carbocycles. The van der Waals surface area contributed by atoms with E-state index < -0.39 is 0 Å². The second-order valence-corrected chi connectivity index (χ2v) is 8.49. The van der Waals surface area contributed by atoms with E-state index in [-0.39, 0.29) is 17.7 Å². The normalized spacial score (nSPS) is 23.5. The Labute approximate surface area is 153 Å². The second kappa shape index (κ2) is 7.46. The highest BCUT2D eigenvalue weighted by atomic mass is 32.1. The van der Waals surface area contributed by atoms with E-state index in [1.807, 2.05) is 22.4 Å². The highest BCUT2D eigenvalue weighted by Gasteiger charge is 2.39. The molecule has 3 aliphatic rings. The number of piperazine rings is 1. The van der Waals surface area contributed by atoms with Gasteiger partial charge in [0.2, 0.25) is 5.91 Å². The lowest BCUT2D eigenvalue weighted by Crippen LogP contribution is -2.59. The van der Waals surface area contributed by atoms with E-state index in [1.54, 1.807) is 4.90 Å². The average molecular weight is 362 g/mol. The molecule has 5 nitrogen and oxygen atoms in total. The molecule has 2 saturated heterocycles. The fourth-order valence-electron chi connectivity index (χ4n) is 4.37. The van der Waals surface area contributed by atoms with Gasteiger partial charge in [-0.1, -0.05) is 25.3 Å². The second-order valence-electron chi connectivity index (χ2n) is 7.54. The minimum atomic E-state index is 0.00476. The molecule has 136 valence electrons. The molecule has 6 heteroatoms. The van der Waals surface area contributed by atoms with Crippen molar-refractivity contribution in [2.24, 2.45) is 5.92 Å². The van der Waals surface area contributed by atoms with E-state index in [2.05, 4.69) is 4.90 Å². The quantitative estimate of drug-likeness (QED) is 0.830. The van der Waals surface area contributed by atoms with Crippen LogP contribution in [0.15, 0.2) is 17.5 Å². The summed E-state index contributed by atoms with van der Waals surface area (Å²) in [4.78, 5) is 32.1. The number of rotatable bonds is 3. The van der Waals surface area contributed by atoms with Crippen LogP contribution in [0.1, 0.15) is 41.8 Å². The largest absolute Gasteiger partial charge is 0.340 e. The van der Waals surface area contributed by atoms with E-state index in [0.717, 1.165) is 37.1 Å². The molecule has 0 unspecified atom stereocenters. The Morgan fingerprint density at radius 1 is 0.960 bits per heavy atom. The number of likely N-dealkylation sites (tertiary alicyclic amines) is 1. The molecule has 1 aromatic rings. The van der Waals surface area contributed by atoms with Gasteiger partial charge in [-0.25, -0.2) is 0 Å². The zero-order valence-corrected chi connectivity index (χ0v) is 15.5. The molecule has 0 radical (unpaired) electrons. The summed E-state index contributed by atoms with van der Waals surface area (Å²) >= 11 is 1.47. The number of hydrogen-bond acceptors (Lipinski definition) is 4. The van der Waals surface area contributed by atoms with Gasteiger partial charge in [-0.3, -0.25) is 14.5 Å². The van der Waals surface area contributed by atoms with E-state index in [4.69, 9.17) is 0 Å². The Balaban J connectivity index is 1.23. The van der Waals surface area contributed by atoms with Crippen LogP contribution < -0.4 is 0 Å². The van der Waals surface area contributed by atoms with Gasteiger partial charge in [0.1, 0.15) is 0 Å². The van der Waals surface area contributed by atoms with Crippen molar-refractivity contribution in [3.63, 3.8) is 0 Å². The van der Waals surface area contributed by atoms with Crippen LogP contribution in [-0.2, 0) is 4.79 Å². The van der Waals surface area contributed by atoms with Crippen molar-refractivity contribution in [3.8, 4) is 0 Å². The Hall–Kier alpha value is -1.40. The summed E-state index contributed by atoms with van der Waals surface area (Å²) in [6, 6.07) is 4.49. The molecule has 0 bridgehead atoms. The van der Waals surface area contributed by atoms with Gasteiger partial charge < -0.3 is 9.80 Å². The third-order valence-corrected chi connectivity index (χ3v) is 6.82. The summed E-state index contributed by atoms with van der Waals surface area (Å²) < 4.78 is 0. The minimum absolute atomic E-state index is 0.00476. The molecular formula is C19H27N3O2S. The van der Waals surface area contributed by atoms with Gasteiger partial charge in [0.05, 0.1) is 10.8 Å². The number of carbonyl (C=O) groups is 2. The van der Waals surface area contributed by atoms with Crippen LogP contribution in [0.25, 0.3) is 0 Å². The molecule has 2 amide bonds. The first kappa shape index (κ1) is 17.0. The third kappa shape index (κ3) is 3.60. The number of hydrogen-bond donors (Lipinski definition) is 0. The number of nitrogens with zero attached hydrogens (tertiary/aromatic N) is 3. The van der Waals surface area contributed by atoms with Gasteiger partial charge in [-0.05, 0) is 24.3 Å². The molecule has 3 fully saturated rings. The lowest BCUT2D eigenvalue weighted by molar-refractivity contribution is -0.142. The summed E-state index contributed by atoms with van der Waals surface area (Å²) in [6.45, 7) is 4.90. The Bertz CT molecular complexity index is 598. The van der Waals surface area contributed by atoms with Gasteiger partial charge in [0.25, 0.3) is 5.91 Å². The fourth-order valence-corrected chi connectivity index (χ4v) is 5.06. The highest BCUT2D eigenvalue weighted by Crippen LogP contribution is 2.26. The summed E-state index contributed by atoms with van der Waals surface area (Å²) in [6.07, 6.45) is 6.77. The van der Waals surface area contributed by atoms with E-state index in [9.17, 15) is 9.59 Å². The lowest BCUT2D eigenvalue weighted by Gasteiger charge is -2.44. The van der Waals surface area contributed by atoms with Crippen molar-refractivity contribution in [2.45, 2.75) is 38.1 Å². The van der Waals surface area contributed by atoms with Gasteiger partial charge in [-0.15, -0.1) is 11.3 Å². The zero-order chi connectivity index (χ0) is 17.2. The third-order valence-electron chi connectivity index (χ3n) is 5.97. The first-order valence-electron chi connectivity index (χ1n) is 9.58. The molecule has 1 aromatic heterocycles. The van der Waals surface area contributed by atoms with E-state index in [0.29, 0.717) is 13.1 Å². The average Bonchev–Trinajstić information content (AvgIpc) is 3.16. The molecule has 3 heterocycles. The van der Waals surface area contributed by atoms with Crippen LogP contribution in [-0.4, -0.2) is 71.8 Å². The maximum atomic E-state index is 12.7. The van der Waals surface area contributed by atoms with Crippen LogP contribution in [0, 0.1) is 5.92 Å². The van der Waals surface area contributed by atoms with Gasteiger partial charge in [-0.2, -0.15) is 0 Å². The predicted octanol–water partition coefficient (Wildman–Crippen LogP) is 2.30. The van der Waals surface area contributed by atoms with E-state index >= 15 is 0 Å². The number of carbonyl (C=O) groups excluding carboxylic acids is 2. The standard InChI is InChI=1S/C19H27N3O2S/c23-18(15-13-22(14-15)19(24)17-7-4-12-25-17)21-10-8-20(9-11-21)16-5-2-1-3-6-16/h4,7,12,15-16H,1-3,5-6,8-11,13-14H2. The SMILES string of the molecule is O=C(c1cccs1)N1CC(C(=O)N2CCN(C3CCCCC3)CC2)C1. The topological polar surface area (TPSA) is 43.9 Å². The highest BCUT2D eigenvalue weighted by molar-refractivity contribution is 7.12. The van der Waals surface area contributed by atoms with Gasteiger partial charge >= 0.3 is 0 Å². The zero-order valence-electron chi connectivity index (χ0n) is 14.7. The van der Waals surface area contributed by atoms with E-state index in [1.165, 1.54) is 43.4 Å². The first-order valence-corrected chi connectivity index (χ1v) is 10.5. The monoisotopic (exact) mass is 361 g/mol. The Morgan fingerprint density at radius 2 is 1.68 bits per heavy atom. The van der Waals surface area contributed by atoms with Gasteiger partial charge in [0.15, 0.2) is 0 Å². The van der Waals surface area contributed by atoms with Crippen LogP contribution >= 0.6 is 11.3 Å². The molecular weight excluding hydrogens is 334 g/mol. The molecule has 1 saturated carbocycles. The molecule has 0 atom stereocenters. The predicted molar refractivity (Wildman–Crippen MR) is 98.7 cm³/mol. The summed E-state index contributed by atoms with van der Waals surface area (Å²) in [5.74, 6) is 0.324. The van der Waals surface area contributed by atoms with Crippen molar-refractivity contribution in [1.29, 1.82) is 0 Å².